The van der Waals surface area contributed by atoms with E-state index in [9.17, 15) is 9.59 Å². The topological polar surface area (TPSA) is 52.6 Å². The molecule has 0 fully saturated rings. The summed E-state index contributed by atoms with van der Waals surface area (Å²) in [5.74, 6) is -1.12. The standard InChI is InChI=1S/C4H6O3.C2H6O/c1-3(5)7-4(2)6;1-3-2/h1-2H3;1-2H3. The maximum absolute atomic E-state index is 9.81. The lowest BCUT2D eigenvalue weighted by atomic mass is 10.7. The molecule has 0 spiro atoms. The number of carbonyl (C=O) groups excluding carboxylic acids is 2. The third-order valence-electron chi connectivity index (χ3n) is 0.287. The highest BCUT2D eigenvalue weighted by Gasteiger charge is 1.93. The van der Waals surface area contributed by atoms with Gasteiger partial charge in [0.25, 0.3) is 0 Å². The number of methoxy groups -OCH3 is 1. The van der Waals surface area contributed by atoms with Crippen LogP contribution >= 0.6 is 0 Å². The van der Waals surface area contributed by atoms with Gasteiger partial charge < -0.3 is 9.47 Å². The zero-order valence-electron chi connectivity index (χ0n) is 6.63. The van der Waals surface area contributed by atoms with Gasteiger partial charge in [-0.3, -0.25) is 9.59 Å². The molecule has 0 unspecified atom stereocenters. The fourth-order valence-corrected chi connectivity index (χ4v) is 0.202. The van der Waals surface area contributed by atoms with Gasteiger partial charge in [-0.15, -0.1) is 0 Å². The average molecular weight is 148 g/mol. The van der Waals surface area contributed by atoms with Crippen LogP contribution in [0.15, 0.2) is 0 Å². The predicted molar refractivity (Wildman–Crippen MR) is 35.4 cm³/mol. The van der Waals surface area contributed by atoms with Crippen molar-refractivity contribution in [2.75, 3.05) is 14.2 Å². The molecule has 0 saturated carbocycles. The molecule has 0 aliphatic heterocycles. The van der Waals surface area contributed by atoms with Gasteiger partial charge in [-0.2, -0.15) is 0 Å². The minimum atomic E-state index is -0.562. The highest BCUT2D eigenvalue weighted by molar-refractivity contribution is 5.82. The lowest BCUT2D eigenvalue weighted by Crippen LogP contribution is -2.03. The monoisotopic (exact) mass is 148 g/mol. The largest absolute Gasteiger partial charge is 0.394 e. The van der Waals surface area contributed by atoms with Crippen LogP contribution in [0, 0.1) is 0 Å². The van der Waals surface area contributed by atoms with Crippen molar-refractivity contribution in [2.24, 2.45) is 0 Å². The van der Waals surface area contributed by atoms with E-state index in [1.54, 1.807) is 14.2 Å². The van der Waals surface area contributed by atoms with Crippen LogP contribution in [0.1, 0.15) is 13.8 Å². The average Bonchev–Trinajstić information content (AvgIpc) is 1.62. The summed E-state index contributed by atoms with van der Waals surface area (Å²) in [5.41, 5.74) is 0. The minimum Gasteiger partial charge on any atom is -0.394 e. The zero-order chi connectivity index (χ0) is 8.57. The molecule has 10 heavy (non-hydrogen) atoms. The first kappa shape index (κ1) is 11.8. The van der Waals surface area contributed by atoms with Gasteiger partial charge in [-0.25, -0.2) is 0 Å². The molecule has 4 nitrogen and oxygen atoms in total. The van der Waals surface area contributed by atoms with E-state index < -0.39 is 11.9 Å². The summed E-state index contributed by atoms with van der Waals surface area (Å²) in [6.45, 7) is 2.36. The summed E-state index contributed by atoms with van der Waals surface area (Å²) >= 11 is 0. The smallest absolute Gasteiger partial charge is 0.310 e. The molecular formula is C6H12O4. The molecule has 0 heterocycles. The van der Waals surface area contributed by atoms with Gasteiger partial charge in [0, 0.05) is 28.1 Å². The van der Waals surface area contributed by atoms with Crippen LogP contribution < -0.4 is 0 Å². The lowest BCUT2D eigenvalue weighted by Gasteiger charge is -1.87. The van der Waals surface area contributed by atoms with Crippen molar-refractivity contribution >= 4 is 11.9 Å². The van der Waals surface area contributed by atoms with E-state index in [4.69, 9.17) is 0 Å². The van der Waals surface area contributed by atoms with Crippen molar-refractivity contribution in [3.8, 4) is 0 Å². The second kappa shape index (κ2) is 8.10. The Labute approximate surface area is 60.1 Å². The Morgan fingerprint density at radius 2 is 1.20 bits per heavy atom. The quantitative estimate of drug-likeness (QED) is 0.367. The number of rotatable bonds is 0. The van der Waals surface area contributed by atoms with E-state index in [-0.39, 0.29) is 0 Å². The van der Waals surface area contributed by atoms with Gasteiger partial charge in [0.2, 0.25) is 0 Å². The summed E-state index contributed by atoms with van der Waals surface area (Å²) < 4.78 is 8.22. The van der Waals surface area contributed by atoms with E-state index in [0.29, 0.717) is 0 Å². The molecule has 0 aliphatic carbocycles. The van der Waals surface area contributed by atoms with Gasteiger partial charge in [-0.1, -0.05) is 0 Å². The van der Waals surface area contributed by atoms with Crippen molar-refractivity contribution in [3.05, 3.63) is 0 Å². The highest BCUT2D eigenvalue weighted by Crippen LogP contribution is 1.73. The first-order chi connectivity index (χ1) is 4.54. The molecule has 0 radical (unpaired) electrons. The minimum absolute atomic E-state index is 0.562. The molecular weight excluding hydrogens is 136 g/mol. The molecule has 0 atom stereocenters. The molecule has 0 amide bonds. The van der Waals surface area contributed by atoms with Crippen molar-refractivity contribution in [2.45, 2.75) is 13.8 Å². The Bertz CT molecular complexity index is 96.3. The van der Waals surface area contributed by atoms with Crippen LogP contribution in [-0.2, 0) is 19.1 Å². The first-order valence-corrected chi connectivity index (χ1v) is 2.63. The molecule has 4 heteroatoms. The third kappa shape index (κ3) is 27.5. The van der Waals surface area contributed by atoms with Crippen molar-refractivity contribution in [3.63, 3.8) is 0 Å². The lowest BCUT2D eigenvalue weighted by molar-refractivity contribution is -0.156. The molecule has 60 valence electrons. The van der Waals surface area contributed by atoms with Crippen LogP contribution in [0.3, 0.4) is 0 Å². The summed E-state index contributed by atoms with van der Waals surface area (Å²) in [6, 6.07) is 0. The summed E-state index contributed by atoms with van der Waals surface area (Å²) in [5, 5.41) is 0. The molecule has 0 N–H and O–H groups in total. The number of carbonyl (C=O) groups is 2. The predicted octanol–water partition coefficient (Wildman–Crippen LogP) is 0.359. The highest BCUT2D eigenvalue weighted by atomic mass is 16.6. The molecule has 0 aromatic carbocycles. The fraction of sp³-hybridized carbons (Fsp3) is 0.667. The van der Waals surface area contributed by atoms with Crippen molar-refractivity contribution in [1.82, 2.24) is 0 Å². The van der Waals surface area contributed by atoms with Gasteiger partial charge >= 0.3 is 11.9 Å². The second-order valence-corrected chi connectivity index (χ2v) is 1.49. The zero-order valence-corrected chi connectivity index (χ0v) is 6.63. The van der Waals surface area contributed by atoms with E-state index in [1.165, 1.54) is 13.8 Å². The summed E-state index contributed by atoms with van der Waals surface area (Å²) in [4.78, 5) is 19.6. The Morgan fingerprint density at radius 3 is 1.20 bits per heavy atom. The Balaban J connectivity index is 0. The van der Waals surface area contributed by atoms with Crippen molar-refractivity contribution < 1.29 is 19.1 Å². The van der Waals surface area contributed by atoms with Crippen LogP contribution in [-0.4, -0.2) is 26.2 Å². The molecule has 0 aliphatic rings. The van der Waals surface area contributed by atoms with Crippen molar-refractivity contribution in [1.29, 1.82) is 0 Å². The maximum atomic E-state index is 9.81. The molecule has 0 aromatic heterocycles. The van der Waals surface area contributed by atoms with Crippen LogP contribution in [0.4, 0.5) is 0 Å². The molecule has 0 aromatic rings. The molecule has 0 rings (SSSR count). The molecule has 0 bridgehead atoms. The Kier molecular flexibility index (Phi) is 9.59. The second-order valence-electron chi connectivity index (χ2n) is 1.49. The van der Waals surface area contributed by atoms with E-state index in [2.05, 4.69) is 9.47 Å². The van der Waals surface area contributed by atoms with Gasteiger partial charge in [0.05, 0.1) is 0 Å². The van der Waals surface area contributed by atoms with Gasteiger partial charge in [0.1, 0.15) is 0 Å². The summed E-state index contributed by atoms with van der Waals surface area (Å²) in [6.07, 6.45) is 0. The Hall–Kier alpha value is -0.900. The third-order valence-corrected chi connectivity index (χ3v) is 0.287. The fourth-order valence-electron chi connectivity index (χ4n) is 0.202. The van der Waals surface area contributed by atoms with E-state index in [1.807, 2.05) is 0 Å². The van der Waals surface area contributed by atoms with Gasteiger partial charge in [-0.05, 0) is 0 Å². The maximum Gasteiger partial charge on any atom is 0.310 e. The Morgan fingerprint density at radius 1 is 1.00 bits per heavy atom. The number of hydrogen-bond acceptors (Lipinski definition) is 4. The number of esters is 2. The normalized spacial score (nSPS) is 7.20. The number of ether oxygens (including phenoxy) is 2. The SMILES string of the molecule is CC(=O)OC(C)=O.COC. The number of hydrogen-bond donors (Lipinski definition) is 0. The van der Waals surface area contributed by atoms with Crippen LogP contribution in [0.2, 0.25) is 0 Å². The van der Waals surface area contributed by atoms with Crippen LogP contribution in [0.25, 0.3) is 0 Å². The molecule has 0 saturated heterocycles. The van der Waals surface area contributed by atoms with E-state index >= 15 is 0 Å². The first-order valence-electron chi connectivity index (χ1n) is 2.63. The van der Waals surface area contributed by atoms with Gasteiger partial charge in [0.15, 0.2) is 0 Å². The van der Waals surface area contributed by atoms with E-state index in [0.717, 1.165) is 0 Å². The van der Waals surface area contributed by atoms with Crippen LogP contribution in [0.5, 0.6) is 0 Å². The summed E-state index contributed by atoms with van der Waals surface area (Å²) in [7, 11) is 3.25.